The summed E-state index contributed by atoms with van der Waals surface area (Å²) in [6, 6.07) is 1.52. The number of hydrogen-bond donors (Lipinski definition) is 0. The van der Waals surface area contributed by atoms with Crippen molar-refractivity contribution in [3.63, 3.8) is 0 Å². The third-order valence-corrected chi connectivity index (χ3v) is 3.23. The van der Waals surface area contributed by atoms with E-state index in [1.165, 1.54) is 4.90 Å². The molecule has 1 fully saturated rings. The molecular formula is C12H18F3N3O. The molecule has 0 aromatic heterocycles. The van der Waals surface area contributed by atoms with Gasteiger partial charge in [0.05, 0.1) is 12.6 Å². The van der Waals surface area contributed by atoms with Crippen LogP contribution in [0.3, 0.4) is 0 Å². The van der Waals surface area contributed by atoms with Gasteiger partial charge in [0.2, 0.25) is 5.91 Å². The summed E-state index contributed by atoms with van der Waals surface area (Å²) in [7, 11) is 0. The quantitative estimate of drug-likeness (QED) is 0.787. The van der Waals surface area contributed by atoms with Gasteiger partial charge in [-0.25, -0.2) is 0 Å². The van der Waals surface area contributed by atoms with Crippen molar-refractivity contribution in [1.29, 1.82) is 5.26 Å². The number of hydrogen-bond acceptors (Lipinski definition) is 3. The number of alkyl halides is 3. The van der Waals surface area contributed by atoms with Crippen LogP contribution in [0.15, 0.2) is 0 Å². The average Bonchev–Trinajstić information content (AvgIpc) is 2.26. The zero-order chi connectivity index (χ0) is 14.6. The minimum atomic E-state index is -4.22. The third kappa shape index (κ3) is 4.71. The highest BCUT2D eigenvalue weighted by Crippen LogP contribution is 2.22. The molecule has 0 radical (unpaired) electrons. The molecule has 0 aromatic rings. The summed E-state index contributed by atoms with van der Waals surface area (Å²) in [6.07, 6.45) is -4.44. The lowest BCUT2D eigenvalue weighted by atomic mass is 9.99. The highest BCUT2D eigenvalue weighted by Gasteiger charge is 2.37. The molecule has 7 heteroatoms. The van der Waals surface area contributed by atoms with Crippen molar-refractivity contribution in [3.05, 3.63) is 0 Å². The van der Waals surface area contributed by atoms with Crippen LogP contribution >= 0.6 is 0 Å². The second kappa shape index (κ2) is 6.24. The summed E-state index contributed by atoms with van der Waals surface area (Å²) in [6.45, 7) is 3.44. The lowest BCUT2D eigenvalue weighted by Crippen LogP contribution is -2.58. The second-order valence-electron chi connectivity index (χ2n) is 5.08. The molecular weight excluding hydrogens is 259 g/mol. The molecule has 1 aliphatic rings. The molecule has 1 atom stereocenters. The van der Waals surface area contributed by atoms with Crippen LogP contribution in [0, 0.1) is 17.2 Å². The minimum Gasteiger partial charge on any atom is -0.336 e. The van der Waals surface area contributed by atoms with Crippen LogP contribution < -0.4 is 0 Å². The van der Waals surface area contributed by atoms with Gasteiger partial charge in [-0.15, -0.1) is 0 Å². The van der Waals surface area contributed by atoms with E-state index in [0.29, 0.717) is 0 Å². The van der Waals surface area contributed by atoms with Crippen LogP contribution in [0.1, 0.15) is 20.3 Å². The largest absolute Gasteiger partial charge is 0.401 e. The summed E-state index contributed by atoms with van der Waals surface area (Å²) in [5, 5.41) is 8.54. The molecule has 0 aromatic carbocycles. The van der Waals surface area contributed by atoms with Crippen molar-refractivity contribution in [2.24, 2.45) is 5.92 Å². The average molecular weight is 277 g/mol. The first-order valence-electron chi connectivity index (χ1n) is 6.20. The smallest absolute Gasteiger partial charge is 0.336 e. The van der Waals surface area contributed by atoms with Crippen LogP contribution in [-0.4, -0.2) is 54.1 Å². The van der Waals surface area contributed by atoms with Gasteiger partial charge in [0, 0.05) is 25.7 Å². The van der Waals surface area contributed by atoms with Crippen molar-refractivity contribution in [3.8, 4) is 6.07 Å². The predicted molar refractivity (Wildman–Crippen MR) is 63.1 cm³/mol. The maximum atomic E-state index is 12.4. The van der Waals surface area contributed by atoms with E-state index < -0.39 is 12.7 Å². The molecule has 0 N–H and O–H groups in total. The molecule has 0 saturated carbocycles. The molecule has 0 aliphatic carbocycles. The number of carbonyl (C=O) groups is 1. The SMILES string of the molecule is CC(C)C1CN(CC(F)(F)F)CCN1C(=O)CC#N. The van der Waals surface area contributed by atoms with Gasteiger partial charge in [-0.2, -0.15) is 18.4 Å². The predicted octanol–water partition coefficient (Wildman–Crippen LogP) is 1.63. The number of rotatable bonds is 3. The Balaban J connectivity index is 2.70. The van der Waals surface area contributed by atoms with Crippen LogP contribution in [0.4, 0.5) is 13.2 Å². The van der Waals surface area contributed by atoms with Gasteiger partial charge in [0.1, 0.15) is 6.42 Å². The van der Waals surface area contributed by atoms with Crippen molar-refractivity contribution in [2.45, 2.75) is 32.5 Å². The van der Waals surface area contributed by atoms with E-state index in [2.05, 4.69) is 0 Å². The lowest BCUT2D eigenvalue weighted by molar-refractivity contribution is -0.156. The fraction of sp³-hybridized carbons (Fsp3) is 0.833. The zero-order valence-corrected chi connectivity index (χ0v) is 11.1. The summed E-state index contributed by atoms with van der Waals surface area (Å²) in [5.74, 6) is -0.244. The maximum Gasteiger partial charge on any atom is 0.401 e. The molecule has 108 valence electrons. The van der Waals surface area contributed by atoms with E-state index in [4.69, 9.17) is 5.26 Å². The number of piperazine rings is 1. The van der Waals surface area contributed by atoms with Crippen LogP contribution in [-0.2, 0) is 4.79 Å². The van der Waals surface area contributed by atoms with Crippen LogP contribution in [0.5, 0.6) is 0 Å². The lowest BCUT2D eigenvalue weighted by Gasteiger charge is -2.43. The number of halogens is 3. The zero-order valence-electron chi connectivity index (χ0n) is 11.1. The molecule has 0 bridgehead atoms. The van der Waals surface area contributed by atoms with E-state index in [-0.39, 0.29) is 43.9 Å². The monoisotopic (exact) mass is 277 g/mol. The van der Waals surface area contributed by atoms with Crippen LogP contribution in [0.25, 0.3) is 0 Å². The number of nitrogens with zero attached hydrogens (tertiary/aromatic N) is 3. The Kier molecular flexibility index (Phi) is 5.18. The van der Waals surface area contributed by atoms with E-state index >= 15 is 0 Å². The molecule has 1 saturated heterocycles. The standard InChI is InChI=1S/C12H18F3N3O/c1-9(2)10-7-17(8-12(13,14)15)5-6-18(10)11(19)3-4-16/h9-10H,3,5-8H2,1-2H3. The summed E-state index contributed by atoms with van der Waals surface area (Å²) < 4.78 is 37.1. The van der Waals surface area contributed by atoms with Gasteiger partial charge < -0.3 is 4.90 Å². The third-order valence-electron chi connectivity index (χ3n) is 3.23. The summed E-state index contributed by atoms with van der Waals surface area (Å²) in [5.41, 5.74) is 0. The molecule has 4 nitrogen and oxygen atoms in total. The van der Waals surface area contributed by atoms with Crippen LogP contribution in [0.2, 0.25) is 0 Å². The topological polar surface area (TPSA) is 47.3 Å². The molecule has 1 unspecified atom stereocenters. The molecule has 19 heavy (non-hydrogen) atoms. The van der Waals surface area contributed by atoms with Gasteiger partial charge in [-0.1, -0.05) is 13.8 Å². The fourth-order valence-electron chi connectivity index (χ4n) is 2.32. The fourth-order valence-corrected chi connectivity index (χ4v) is 2.32. The Morgan fingerprint density at radius 3 is 2.53 bits per heavy atom. The Labute approximate surface area is 110 Å². The molecule has 1 heterocycles. The molecule has 1 amide bonds. The first kappa shape index (κ1) is 15.8. The van der Waals surface area contributed by atoms with E-state index in [9.17, 15) is 18.0 Å². The molecule has 1 rings (SSSR count). The van der Waals surface area contributed by atoms with Crippen molar-refractivity contribution >= 4 is 5.91 Å². The Morgan fingerprint density at radius 1 is 1.42 bits per heavy atom. The number of carbonyl (C=O) groups excluding carboxylic acids is 1. The highest BCUT2D eigenvalue weighted by molar-refractivity contribution is 5.78. The Hall–Kier alpha value is -1.29. The van der Waals surface area contributed by atoms with Crippen molar-refractivity contribution < 1.29 is 18.0 Å². The Bertz CT molecular complexity index is 362. The van der Waals surface area contributed by atoms with E-state index in [1.54, 1.807) is 11.0 Å². The van der Waals surface area contributed by atoms with Gasteiger partial charge in [0.15, 0.2) is 0 Å². The van der Waals surface area contributed by atoms with Gasteiger partial charge in [0.25, 0.3) is 0 Å². The summed E-state index contributed by atoms with van der Waals surface area (Å²) >= 11 is 0. The number of amides is 1. The van der Waals surface area contributed by atoms with Crippen molar-refractivity contribution in [1.82, 2.24) is 9.80 Å². The van der Waals surface area contributed by atoms with Crippen molar-refractivity contribution in [2.75, 3.05) is 26.2 Å². The van der Waals surface area contributed by atoms with Gasteiger partial charge in [-0.05, 0) is 5.92 Å². The van der Waals surface area contributed by atoms with Gasteiger partial charge in [-0.3, -0.25) is 9.69 Å². The minimum absolute atomic E-state index is 0.0543. The maximum absolute atomic E-state index is 12.4. The normalized spacial score (nSPS) is 21.5. The number of nitriles is 1. The molecule has 0 spiro atoms. The first-order chi connectivity index (χ1) is 8.74. The van der Waals surface area contributed by atoms with Gasteiger partial charge >= 0.3 is 6.18 Å². The summed E-state index contributed by atoms with van der Waals surface area (Å²) in [4.78, 5) is 14.6. The second-order valence-corrected chi connectivity index (χ2v) is 5.08. The highest BCUT2D eigenvalue weighted by atomic mass is 19.4. The first-order valence-corrected chi connectivity index (χ1v) is 6.20. The van der Waals surface area contributed by atoms with E-state index in [0.717, 1.165) is 0 Å². The molecule has 1 aliphatic heterocycles. The Morgan fingerprint density at radius 2 is 2.05 bits per heavy atom. The van der Waals surface area contributed by atoms with E-state index in [1.807, 2.05) is 13.8 Å².